The molecule has 1 N–H and O–H groups in total. The normalized spacial score (nSPS) is 14.1. The second kappa shape index (κ2) is 5.67. The smallest absolute Gasteiger partial charge is 0.223 e. The zero-order valence-corrected chi connectivity index (χ0v) is 10.4. The van der Waals surface area contributed by atoms with E-state index in [0.29, 0.717) is 12.2 Å². The molecule has 0 aromatic heterocycles. The third-order valence-corrected chi connectivity index (χ3v) is 2.86. The van der Waals surface area contributed by atoms with E-state index in [1.165, 1.54) is 0 Å². The standard InChI is InChI=1S/C14H17NO3/c1-2-18-12-7-5-10(6-8-12)13(16)9-15-14(17)11-3-4-11/h5-8,11H,2-4,9H2,1H3,(H,15,17). The largest absolute Gasteiger partial charge is 0.494 e. The number of benzene rings is 1. The molecule has 0 spiro atoms. The molecule has 0 unspecified atom stereocenters. The molecule has 0 bridgehead atoms. The molecular weight excluding hydrogens is 230 g/mol. The van der Waals surface area contributed by atoms with Gasteiger partial charge in [-0.2, -0.15) is 0 Å². The van der Waals surface area contributed by atoms with Gasteiger partial charge in [0.1, 0.15) is 5.75 Å². The van der Waals surface area contributed by atoms with E-state index in [0.717, 1.165) is 18.6 Å². The van der Waals surface area contributed by atoms with Crippen molar-refractivity contribution in [3.63, 3.8) is 0 Å². The van der Waals surface area contributed by atoms with Gasteiger partial charge in [0, 0.05) is 11.5 Å². The second-order valence-corrected chi connectivity index (χ2v) is 4.37. The number of hydrogen-bond acceptors (Lipinski definition) is 3. The van der Waals surface area contributed by atoms with E-state index in [1.54, 1.807) is 24.3 Å². The highest BCUT2D eigenvalue weighted by Gasteiger charge is 2.29. The molecule has 1 aromatic rings. The predicted octanol–water partition coefficient (Wildman–Crippen LogP) is 1.79. The molecule has 1 aliphatic rings. The van der Waals surface area contributed by atoms with Crippen molar-refractivity contribution >= 4 is 11.7 Å². The van der Waals surface area contributed by atoms with Crippen molar-refractivity contribution in [2.24, 2.45) is 5.92 Å². The maximum absolute atomic E-state index is 11.8. The zero-order valence-electron chi connectivity index (χ0n) is 10.4. The highest BCUT2D eigenvalue weighted by Crippen LogP contribution is 2.28. The van der Waals surface area contributed by atoms with Crippen molar-refractivity contribution in [2.75, 3.05) is 13.2 Å². The zero-order chi connectivity index (χ0) is 13.0. The maximum atomic E-state index is 11.8. The molecule has 96 valence electrons. The summed E-state index contributed by atoms with van der Waals surface area (Å²) in [7, 11) is 0. The predicted molar refractivity (Wildman–Crippen MR) is 67.7 cm³/mol. The number of ketones is 1. The third kappa shape index (κ3) is 3.32. The average molecular weight is 247 g/mol. The van der Waals surface area contributed by atoms with Crippen LogP contribution in [0.5, 0.6) is 5.75 Å². The number of hydrogen-bond donors (Lipinski definition) is 1. The van der Waals surface area contributed by atoms with Crippen LogP contribution in [-0.4, -0.2) is 24.8 Å². The number of ether oxygens (including phenoxy) is 1. The summed E-state index contributed by atoms with van der Waals surface area (Å²) in [5.74, 6) is 0.801. The Kier molecular flexibility index (Phi) is 3.97. The lowest BCUT2D eigenvalue weighted by atomic mass is 10.1. The first-order valence-electron chi connectivity index (χ1n) is 6.24. The number of amides is 1. The summed E-state index contributed by atoms with van der Waals surface area (Å²) in [6.45, 7) is 2.58. The van der Waals surface area contributed by atoms with Crippen molar-refractivity contribution in [3.05, 3.63) is 29.8 Å². The molecule has 1 amide bonds. The van der Waals surface area contributed by atoms with Crippen LogP contribution in [0.25, 0.3) is 0 Å². The Morgan fingerprint density at radius 2 is 1.94 bits per heavy atom. The lowest BCUT2D eigenvalue weighted by Gasteiger charge is -2.05. The summed E-state index contributed by atoms with van der Waals surface area (Å²) in [6.07, 6.45) is 1.89. The maximum Gasteiger partial charge on any atom is 0.223 e. The van der Waals surface area contributed by atoms with Crippen molar-refractivity contribution < 1.29 is 14.3 Å². The van der Waals surface area contributed by atoms with Gasteiger partial charge in [-0.1, -0.05) is 0 Å². The molecule has 1 aromatic carbocycles. The van der Waals surface area contributed by atoms with E-state index in [2.05, 4.69) is 5.32 Å². The molecule has 1 saturated carbocycles. The molecule has 4 nitrogen and oxygen atoms in total. The van der Waals surface area contributed by atoms with Gasteiger partial charge >= 0.3 is 0 Å². The Morgan fingerprint density at radius 1 is 1.28 bits per heavy atom. The minimum absolute atomic E-state index is 0.00529. The first-order chi connectivity index (χ1) is 8.70. The fraction of sp³-hybridized carbons (Fsp3) is 0.429. The number of Topliss-reactive ketones (excluding diaryl/α,β-unsaturated/α-hetero) is 1. The van der Waals surface area contributed by atoms with Gasteiger partial charge in [-0.25, -0.2) is 0 Å². The topological polar surface area (TPSA) is 55.4 Å². The second-order valence-electron chi connectivity index (χ2n) is 4.37. The monoisotopic (exact) mass is 247 g/mol. The minimum atomic E-state index is -0.0768. The summed E-state index contributed by atoms with van der Waals surface area (Å²) in [5, 5.41) is 2.66. The van der Waals surface area contributed by atoms with Gasteiger partial charge in [-0.15, -0.1) is 0 Å². The fourth-order valence-electron chi connectivity index (χ4n) is 1.66. The highest BCUT2D eigenvalue weighted by molar-refractivity contribution is 5.99. The Labute approximate surface area is 106 Å². The molecular formula is C14H17NO3. The van der Waals surface area contributed by atoms with E-state index >= 15 is 0 Å². The van der Waals surface area contributed by atoms with E-state index in [-0.39, 0.29) is 24.2 Å². The lowest BCUT2D eigenvalue weighted by Crippen LogP contribution is -2.30. The van der Waals surface area contributed by atoms with Crippen molar-refractivity contribution in [1.82, 2.24) is 5.32 Å². The van der Waals surface area contributed by atoms with Crippen LogP contribution < -0.4 is 10.1 Å². The number of carbonyl (C=O) groups excluding carboxylic acids is 2. The summed E-state index contributed by atoms with van der Waals surface area (Å²) in [4.78, 5) is 23.2. The Hall–Kier alpha value is -1.84. The SMILES string of the molecule is CCOc1ccc(C(=O)CNC(=O)C2CC2)cc1. The van der Waals surface area contributed by atoms with Gasteiger partial charge in [0.05, 0.1) is 13.2 Å². The summed E-state index contributed by atoms with van der Waals surface area (Å²) >= 11 is 0. The molecule has 4 heteroatoms. The summed E-state index contributed by atoms with van der Waals surface area (Å²) in [5.41, 5.74) is 0.592. The van der Waals surface area contributed by atoms with Crippen molar-refractivity contribution in [3.8, 4) is 5.75 Å². The van der Waals surface area contributed by atoms with Crippen molar-refractivity contribution in [2.45, 2.75) is 19.8 Å². The molecule has 1 aliphatic carbocycles. The number of rotatable bonds is 6. The van der Waals surface area contributed by atoms with Crippen LogP contribution in [0.2, 0.25) is 0 Å². The van der Waals surface area contributed by atoms with Crippen LogP contribution in [0.1, 0.15) is 30.1 Å². The van der Waals surface area contributed by atoms with Crippen LogP contribution >= 0.6 is 0 Å². The van der Waals surface area contributed by atoms with Crippen LogP contribution in [0, 0.1) is 5.92 Å². The van der Waals surface area contributed by atoms with Crippen LogP contribution in [0.15, 0.2) is 24.3 Å². The van der Waals surface area contributed by atoms with Gasteiger partial charge in [0.15, 0.2) is 5.78 Å². The average Bonchev–Trinajstić information content (AvgIpc) is 3.21. The van der Waals surface area contributed by atoms with E-state index in [1.807, 2.05) is 6.92 Å². The first-order valence-corrected chi connectivity index (χ1v) is 6.24. The van der Waals surface area contributed by atoms with Gasteiger partial charge < -0.3 is 10.1 Å². The van der Waals surface area contributed by atoms with Gasteiger partial charge in [-0.3, -0.25) is 9.59 Å². The Morgan fingerprint density at radius 3 is 2.50 bits per heavy atom. The minimum Gasteiger partial charge on any atom is -0.494 e. The Balaban J connectivity index is 1.85. The first kappa shape index (κ1) is 12.6. The molecule has 0 heterocycles. The number of nitrogens with one attached hydrogen (secondary N) is 1. The summed E-state index contributed by atoms with van der Waals surface area (Å²) < 4.78 is 5.30. The molecule has 0 saturated heterocycles. The highest BCUT2D eigenvalue weighted by atomic mass is 16.5. The Bertz CT molecular complexity index is 435. The fourth-order valence-corrected chi connectivity index (χ4v) is 1.66. The van der Waals surface area contributed by atoms with Gasteiger partial charge in [0.25, 0.3) is 0 Å². The van der Waals surface area contributed by atoms with E-state index in [4.69, 9.17) is 4.74 Å². The third-order valence-electron chi connectivity index (χ3n) is 2.86. The molecule has 2 rings (SSSR count). The summed E-state index contributed by atoms with van der Waals surface area (Å²) in [6, 6.07) is 6.96. The van der Waals surface area contributed by atoms with Gasteiger partial charge in [0.2, 0.25) is 5.91 Å². The van der Waals surface area contributed by atoms with E-state index in [9.17, 15) is 9.59 Å². The van der Waals surface area contributed by atoms with Crippen molar-refractivity contribution in [1.29, 1.82) is 0 Å². The van der Waals surface area contributed by atoms with Gasteiger partial charge in [-0.05, 0) is 44.0 Å². The molecule has 0 atom stereocenters. The number of carbonyl (C=O) groups is 2. The molecule has 1 fully saturated rings. The molecule has 0 aliphatic heterocycles. The van der Waals surface area contributed by atoms with Crippen LogP contribution in [0.4, 0.5) is 0 Å². The lowest BCUT2D eigenvalue weighted by molar-refractivity contribution is -0.122. The van der Waals surface area contributed by atoms with E-state index < -0.39 is 0 Å². The molecule has 18 heavy (non-hydrogen) atoms. The molecule has 0 radical (unpaired) electrons. The van der Waals surface area contributed by atoms with Crippen LogP contribution in [0.3, 0.4) is 0 Å². The van der Waals surface area contributed by atoms with Crippen LogP contribution in [-0.2, 0) is 4.79 Å². The quantitative estimate of drug-likeness (QED) is 0.780.